The number of benzene rings is 1. The molecular formula is C11H13N3O4S. The Balaban J connectivity index is 2.18. The maximum absolute atomic E-state index is 12.1. The Hall–Kier alpha value is -1.77. The Morgan fingerprint density at radius 3 is 2.74 bits per heavy atom. The molecule has 102 valence electrons. The first-order valence-corrected chi connectivity index (χ1v) is 6.99. The number of aryl methyl sites for hydroxylation is 1. The number of nitrogens with one attached hydrogen (secondary N) is 1. The summed E-state index contributed by atoms with van der Waals surface area (Å²) in [6.45, 7) is 1.20. The zero-order valence-electron chi connectivity index (χ0n) is 10.2. The quantitative estimate of drug-likeness (QED) is 0.820. The van der Waals surface area contributed by atoms with Crippen LogP contribution in [0.3, 0.4) is 0 Å². The van der Waals surface area contributed by atoms with Gasteiger partial charge in [0, 0.05) is 6.92 Å². The van der Waals surface area contributed by atoms with Crippen LogP contribution in [-0.4, -0.2) is 23.7 Å². The van der Waals surface area contributed by atoms with Gasteiger partial charge in [0.1, 0.15) is 0 Å². The minimum Gasteiger partial charge on any atom is -0.392 e. The van der Waals surface area contributed by atoms with E-state index in [9.17, 15) is 8.42 Å². The van der Waals surface area contributed by atoms with Crippen molar-refractivity contribution in [2.24, 2.45) is 0 Å². The molecule has 2 N–H and O–H groups in total. The van der Waals surface area contributed by atoms with E-state index < -0.39 is 10.0 Å². The molecule has 0 aliphatic heterocycles. The lowest BCUT2D eigenvalue weighted by molar-refractivity contribution is 0.278. The molecule has 1 heterocycles. The molecule has 0 amide bonds. The number of aliphatic hydroxyl groups excluding tert-OH is 1. The lowest BCUT2D eigenvalue weighted by Crippen LogP contribution is -2.24. The van der Waals surface area contributed by atoms with E-state index in [-0.39, 0.29) is 23.9 Å². The zero-order valence-corrected chi connectivity index (χ0v) is 11.0. The van der Waals surface area contributed by atoms with Crippen LogP contribution in [0, 0.1) is 6.92 Å². The first-order chi connectivity index (χ1) is 9.03. The molecule has 0 atom stereocenters. The third kappa shape index (κ3) is 3.16. The second kappa shape index (κ2) is 5.47. The van der Waals surface area contributed by atoms with Crippen molar-refractivity contribution >= 4 is 10.0 Å². The first-order valence-electron chi connectivity index (χ1n) is 5.50. The number of nitrogens with zero attached hydrogens (tertiary/aromatic N) is 2. The Morgan fingerprint density at radius 1 is 1.37 bits per heavy atom. The highest BCUT2D eigenvalue weighted by Crippen LogP contribution is 2.15. The molecule has 0 saturated heterocycles. The monoisotopic (exact) mass is 283 g/mol. The van der Waals surface area contributed by atoms with Gasteiger partial charge in [-0.25, -0.2) is 13.1 Å². The van der Waals surface area contributed by atoms with Crippen LogP contribution in [0.15, 0.2) is 33.7 Å². The fourth-order valence-corrected chi connectivity index (χ4v) is 2.76. The summed E-state index contributed by atoms with van der Waals surface area (Å²) < 4.78 is 31.3. The molecule has 0 spiro atoms. The summed E-state index contributed by atoms with van der Waals surface area (Å²) in [5.74, 6) is 0.618. The van der Waals surface area contributed by atoms with Crippen molar-refractivity contribution in [2.45, 2.75) is 25.0 Å². The minimum atomic E-state index is -3.72. The molecular weight excluding hydrogens is 270 g/mol. The molecule has 19 heavy (non-hydrogen) atoms. The predicted molar refractivity (Wildman–Crippen MR) is 65.4 cm³/mol. The lowest BCUT2D eigenvalue weighted by Gasteiger charge is -2.08. The smallest absolute Gasteiger partial charge is 0.241 e. The molecule has 1 aromatic heterocycles. The van der Waals surface area contributed by atoms with Crippen LogP contribution < -0.4 is 4.72 Å². The van der Waals surface area contributed by atoms with Gasteiger partial charge in [-0.3, -0.25) is 0 Å². The second-order valence-corrected chi connectivity index (χ2v) is 5.56. The Kier molecular flexibility index (Phi) is 3.93. The highest BCUT2D eigenvalue weighted by Gasteiger charge is 2.18. The molecule has 8 heteroatoms. The summed E-state index contributed by atoms with van der Waals surface area (Å²) in [6, 6.07) is 6.22. The number of sulfonamides is 1. The normalized spacial score (nSPS) is 11.7. The van der Waals surface area contributed by atoms with Crippen molar-refractivity contribution in [3.63, 3.8) is 0 Å². The fraction of sp³-hybridized carbons (Fsp3) is 0.273. The highest BCUT2D eigenvalue weighted by atomic mass is 32.2. The van der Waals surface area contributed by atoms with E-state index in [1.165, 1.54) is 6.07 Å². The van der Waals surface area contributed by atoms with Gasteiger partial charge in [0.2, 0.25) is 15.9 Å². The lowest BCUT2D eigenvalue weighted by atomic mass is 10.2. The third-order valence-electron chi connectivity index (χ3n) is 2.42. The summed E-state index contributed by atoms with van der Waals surface area (Å²) in [6.07, 6.45) is 0. The molecule has 2 aromatic rings. The van der Waals surface area contributed by atoms with Crippen molar-refractivity contribution in [2.75, 3.05) is 0 Å². The number of aliphatic hydroxyl groups is 1. The molecule has 1 aromatic carbocycles. The molecule has 0 fully saturated rings. The van der Waals surface area contributed by atoms with Gasteiger partial charge < -0.3 is 9.63 Å². The van der Waals surface area contributed by atoms with Crippen molar-refractivity contribution < 1.29 is 18.0 Å². The van der Waals surface area contributed by atoms with Crippen LogP contribution in [-0.2, 0) is 23.2 Å². The number of hydrogen-bond acceptors (Lipinski definition) is 6. The first kappa shape index (κ1) is 13.7. The Morgan fingerprint density at radius 2 is 2.11 bits per heavy atom. The summed E-state index contributed by atoms with van der Waals surface area (Å²) in [5.41, 5.74) is 0.333. The molecule has 0 bridgehead atoms. The van der Waals surface area contributed by atoms with Crippen LogP contribution >= 0.6 is 0 Å². The van der Waals surface area contributed by atoms with Gasteiger partial charge in [0.05, 0.1) is 18.0 Å². The van der Waals surface area contributed by atoms with Gasteiger partial charge in [-0.05, 0) is 11.6 Å². The standard InChI is InChI=1S/C11H13N3O4S/c1-8-13-11(14-18-8)6-12-19(16,17)10-5-3-2-4-9(10)7-15/h2-5,12,15H,6-7H2,1H3. The molecule has 0 aliphatic rings. The Labute approximate surface area is 110 Å². The van der Waals surface area contributed by atoms with E-state index in [0.717, 1.165) is 0 Å². The fourth-order valence-electron chi connectivity index (χ4n) is 1.55. The van der Waals surface area contributed by atoms with Gasteiger partial charge in [0.15, 0.2) is 5.82 Å². The minimum absolute atomic E-state index is 0.0396. The molecule has 0 aliphatic carbocycles. The summed E-state index contributed by atoms with van der Waals surface area (Å²) >= 11 is 0. The molecule has 0 radical (unpaired) electrons. The maximum atomic E-state index is 12.1. The topological polar surface area (TPSA) is 105 Å². The summed E-state index contributed by atoms with van der Waals surface area (Å²) in [7, 11) is -3.72. The van der Waals surface area contributed by atoms with E-state index >= 15 is 0 Å². The van der Waals surface area contributed by atoms with Crippen LogP contribution in [0.5, 0.6) is 0 Å². The Bertz CT molecular complexity index is 666. The van der Waals surface area contributed by atoms with Crippen LogP contribution in [0.4, 0.5) is 0 Å². The van der Waals surface area contributed by atoms with Crippen molar-refractivity contribution in [1.29, 1.82) is 0 Å². The number of aromatic nitrogens is 2. The predicted octanol–water partition coefficient (Wildman–Crippen LogP) is 0.349. The van der Waals surface area contributed by atoms with E-state index in [1.807, 2.05) is 0 Å². The second-order valence-electron chi connectivity index (χ2n) is 3.82. The van der Waals surface area contributed by atoms with Gasteiger partial charge in [0.25, 0.3) is 0 Å². The molecule has 7 nitrogen and oxygen atoms in total. The number of rotatable bonds is 5. The highest BCUT2D eigenvalue weighted by molar-refractivity contribution is 7.89. The summed E-state index contributed by atoms with van der Waals surface area (Å²) in [4.78, 5) is 3.94. The van der Waals surface area contributed by atoms with Gasteiger partial charge >= 0.3 is 0 Å². The van der Waals surface area contributed by atoms with E-state index in [1.54, 1.807) is 25.1 Å². The van der Waals surface area contributed by atoms with Crippen molar-refractivity contribution in [3.05, 3.63) is 41.5 Å². The maximum Gasteiger partial charge on any atom is 0.241 e. The average molecular weight is 283 g/mol. The summed E-state index contributed by atoms with van der Waals surface area (Å²) in [5, 5.41) is 12.7. The molecule has 2 rings (SSSR count). The average Bonchev–Trinajstić information content (AvgIpc) is 2.82. The van der Waals surface area contributed by atoms with Crippen LogP contribution in [0.25, 0.3) is 0 Å². The van der Waals surface area contributed by atoms with Crippen LogP contribution in [0.1, 0.15) is 17.3 Å². The zero-order chi connectivity index (χ0) is 13.9. The van der Waals surface area contributed by atoms with Crippen molar-refractivity contribution in [3.8, 4) is 0 Å². The third-order valence-corrected chi connectivity index (χ3v) is 3.92. The largest absolute Gasteiger partial charge is 0.392 e. The van der Waals surface area contributed by atoms with E-state index in [4.69, 9.17) is 9.63 Å². The van der Waals surface area contributed by atoms with E-state index in [2.05, 4.69) is 14.9 Å². The SMILES string of the molecule is Cc1nc(CNS(=O)(=O)c2ccccc2CO)no1. The molecule has 0 unspecified atom stereocenters. The van der Waals surface area contributed by atoms with Gasteiger partial charge in [-0.1, -0.05) is 23.4 Å². The van der Waals surface area contributed by atoms with Crippen molar-refractivity contribution in [1.82, 2.24) is 14.9 Å². The van der Waals surface area contributed by atoms with Gasteiger partial charge in [-0.15, -0.1) is 0 Å². The van der Waals surface area contributed by atoms with Gasteiger partial charge in [-0.2, -0.15) is 4.98 Å². The van der Waals surface area contributed by atoms with E-state index in [0.29, 0.717) is 11.5 Å². The van der Waals surface area contributed by atoms with Crippen LogP contribution in [0.2, 0.25) is 0 Å². The molecule has 0 saturated carbocycles. The number of hydrogen-bond donors (Lipinski definition) is 2.